The number of carbonyl (C=O) groups is 1. The van der Waals surface area contributed by atoms with E-state index in [-0.39, 0.29) is 23.7 Å². The van der Waals surface area contributed by atoms with E-state index < -0.39 is 11.7 Å². The highest BCUT2D eigenvalue weighted by molar-refractivity contribution is 6.62. The van der Waals surface area contributed by atoms with E-state index in [0.29, 0.717) is 6.54 Å². The van der Waals surface area contributed by atoms with E-state index >= 15 is 0 Å². The molecule has 1 N–H and O–H groups in total. The molecule has 5 nitrogen and oxygen atoms in total. The van der Waals surface area contributed by atoms with Gasteiger partial charge in [-0.3, -0.25) is 0 Å². The third-order valence-electron chi connectivity index (χ3n) is 5.29. The fraction of sp³-hybridized carbons (Fsp3) is 0.667. The van der Waals surface area contributed by atoms with Crippen LogP contribution in [0.4, 0.5) is 4.79 Å². The lowest BCUT2D eigenvalue weighted by Gasteiger charge is -2.32. The lowest BCUT2D eigenvalue weighted by molar-refractivity contribution is 0.00578. The molecule has 0 radical (unpaired) electrons. The number of hydrogen-bond acceptors (Lipinski definition) is 4. The highest BCUT2D eigenvalue weighted by atomic mass is 16.7. The minimum Gasteiger partial charge on any atom is -0.444 e. The first kappa shape index (κ1) is 21.8. The van der Waals surface area contributed by atoms with Gasteiger partial charge in [0.25, 0.3) is 0 Å². The van der Waals surface area contributed by atoms with Crippen LogP contribution in [0.3, 0.4) is 0 Å². The van der Waals surface area contributed by atoms with Crippen molar-refractivity contribution in [2.24, 2.45) is 0 Å². The first-order valence-corrected chi connectivity index (χ1v) is 9.56. The summed E-state index contributed by atoms with van der Waals surface area (Å²) in [4.78, 5) is 11.9. The molecule has 1 aliphatic rings. The van der Waals surface area contributed by atoms with E-state index in [9.17, 15) is 4.79 Å². The molecule has 1 fully saturated rings. The van der Waals surface area contributed by atoms with Crippen molar-refractivity contribution in [3.8, 4) is 0 Å². The first-order chi connectivity index (χ1) is 12.1. The Morgan fingerprint density at radius 2 is 1.48 bits per heavy atom. The van der Waals surface area contributed by atoms with Gasteiger partial charge >= 0.3 is 13.2 Å². The fourth-order valence-electron chi connectivity index (χ4n) is 2.78. The van der Waals surface area contributed by atoms with Gasteiger partial charge in [0, 0.05) is 12.0 Å². The van der Waals surface area contributed by atoms with Crippen LogP contribution in [0.1, 0.15) is 67.9 Å². The molecule has 0 spiro atoms. The molecule has 2 rings (SSSR count). The van der Waals surface area contributed by atoms with Crippen molar-refractivity contribution in [2.75, 3.05) is 6.54 Å². The number of nitrogens with one attached hydrogen (secondary N) is 1. The van der Waals surface area contributed by atoms with Gasteiger partial charge in [-0.2, -0.15) is 0 Å². The molecule has 150 valence electrons. The Balaban J connectivity index is 2.03. The molecule has 1 aliphatic heterocycles. The molecule has 1 saturated heterocycles. The minimum atomic E-state index is -0.501. The second kappa shape index (κ2) is 7.14. The van der Waals surface area contributed by atoms with Gasteiger partial charge in [-0.1, -0.05) is 38.1 Å². The van der Waals surface area contributed by atoms with Crippen molar-refractivity contribution in [1.29, 1.82) is 0 Å². The predicted molar refractivity (Wildman–Crippen MR) is 109 cm³/mol. The average molecular weight is 375 g/mol. The molecular formula is C21H34BNO4. The molecule has 1 amide bonds. The highest BCUT2D eigenvalue weighted by Crippen LogP contribution is 2.36. The monoisotopic (exact) mass is 375 g/mol. The topological polar surface area (TPSA) is 56.8 Å². The summed E-state index contributed by atoms with van der Waals surface area (Å²) in [5.74, 6) is 0. The lowest BCUT2D eigenvalue weighted by atomic mass is 9.76. The number of amides is 1. The third kappa shape index (κ3) is 5.26. The van der Waals surface area contributed by atoms with E-state index in [1.807, 2.05) is 60.6 Å². The van der Waals surface area contributed by atoms with Gasteiger partial charge in [0.05, 0.1) is 11.2 Å². The Kier molecular flexibility index (Phi) is 5.75. The Morgan fingerprint density at radius 1 is 1.00 bits per heavy atom. The molecule has 0 aliphatic carbocycles. The van der Waals surface area contributed by atoms with Crippen molar-refractivity contribution in [1.82, 2.24) is 5.32 Å². The number of rotatable bonds is 4. The molecule has 27 heavy (non-hydrogen) atoms. The molecule has 1 aromatic rings. The molecule has 0 saturated carbocycles. The van der Waals surface area contributed by atoms with Crippen LogP contribution < -0.4 is 10.8 Å². The summed E-state index contributed by atoms with van der Waals surface area (Å²) in [7, 11) is -0.368. The zero-order valence-electron chi connectivity index (χ0n) is 18.2. The smallest absolute Gasteiger partial charge is 0.444 e. The Labute approximate surface area is 164 Å². The Morgan fingerprint density at radius 3 is 1.93 bits per heavy atom. The van der Waals surface area contributed by atoms with Crippen LogP contribution in [0.15, 0.2) is 24.3 Å². The summed E-state index contributed by atoms with van der Waals surface area (Å²) in [6, 6.07) is 8.20. The van der Waals surface area contributed by atoms with Gasteiger partial charge in [0.1, 0.15) is 5.60 Å². The van der Waals surface area contributed by atoms with Crippen LogP contribution in [-0.4, -0.2) is 36.6 Å². The summed E-state index contributed by atoms with van der Waals surface area (Å²) < 4.78 is 17.5. The van der Waals surface area contributed by atoms with E-state index in [4.69, 9.17) is 14.0 Å². The first-order valence-electron chi connectivity index (χ1n) is 9.56. The minimum absolute atomic E-state index is 0.231. The quantitative estimate of drug-likeness (QED) is 0.814. The summed E-state index contributed by atoms with van der Waals surface area (Å²) in [5, 5.41) is 2.86. The van der Waals surface area contributed by atoms with Crippen LogP contribution >= 0.6 is 0 Å². The normalized spacial score (nSPS) is 19.1. The maximum absolute atomic E-state index is 11.9. The molecule has 0 atom stereocenters. The van der Waals surface area contributed by atoms with Crippen LogP contribution in [0, 0.1) is 0 Å². The van der Waals surface area contributed by atoms with Crippen molar-refractivity contribution in [2.45, 2.75) is 84.5 Å². The third-order valence-corrected chi connectivity index (χ3v) is 5.29. The largest absolute Gasteiger partial charge is 0.494 e. The van der Waals surface area contributed by atoms with Gasteiger partial charge in [-0.25, -0.2) is 4.79 Å². The van der Waals surface area contributed by atoms with E-state index in [1.54, 1.807) is 0 Å². The number of carbonyl (C=O) groups excluding carboxylic acids is 1. The van der Waals surface area contributed by atoms with Gasteiger partial charge in [0.2, 0.25) is 0 Å². The second-order valence-electron chi connectivity index (χ2n) is 9.95. The van der Waals surface area contributed by atoms with Gasteiger partial charge < -0.3 is 19.4 Å². The van der Waals surface area contributed by atoms with E-state index in [0.717, 1.165) is 11.0 Å². The van der Waals surface area contributed by atoms with E-state index in [1.165, 1.54) is 0 Å². The number of hydrogen-bond donors (Lipinski definition) is 1. The molecule has 0 aromatic heterocycles. The van der Waals surface area contributed by atoms with Crippen LogP contribution in [0.5, 0.6) is 0 Å². The second-order valence-corrected chi connectivity index (χ2v) is 9.95. The molecule has 6 heteroatoms. The SMILES string of the molecule is CC(C)(C)OC(=O)NCC(C)(C)c1ccc(B2OC(C)(C)C(C)(C)O2)cc1. The maximum atomic E-state index is 11.9. The molecule has 1 heterocycles. The fourth-order valence-corrected chi connectivity index (χ4v) is 2.78. The summed E-state index contributed by atoms with van der Waals surface area (Å²) in [6.07, 6.45) is -0.399. The summed E-state index contributed by atoms with van der Waals surface area (Å²) >= 11 is 0. The van der Waals surface area contributed by atoms with Crippen LogP contribution in [-0.2, 0) is 19.5 Å². The number of benzene rings is 1. The number of ether oxygens (including phenoxy) is 1. The summed E-state index contributed by atoms with van der Waals surface area (Å²) in [5.41, 5.74) is 0.677. The summed E-state index contributed by atoms with van der Waals surface area (Å²) in [6.45, 7) is 18.4. The van der Waals surface area contributed by atoms with Crippen molar-refractivity contribution in [3.63, 3.8) is 0 Å². The van der Waals surface area contributed by atoms with Crippen LogP contribution in [0.2, 0.25) is 0 Å². The van der Waals surface area contributed by atoms with Gasteiger partial charge in [-0.05, 0) is 59.5 Å². The van der Waals surface area contributed by atoms with Crippen molar-refractivity contribution in [3.05, 3.63) is 29.8 Å². The Bertz CT molecular complexity index is 658. The molecule has 0 bridgehead atoms. The van der Waals surface area contributed by atoms with Crippen molar-refractivity contribution < 1.29 is 18.8 Å². The number of alkyl carbamates (subject to hydrolysis) is 1. The zero-order chi connectivity index (χ0) is 20.7. The maximum Gasteiger partial charge on any atom is 0.494 e. The Hall–Kier alpha value is -1.53. The highest BCUT2D eigenvalue weighted by Gasteiger charge is 2.51. The standard InChI is InChI=1S/C21H34BNO4/c1-18(2,3)25-17(24)23-14-19(4,5)15-10-12-16(13-11-15)22-26-20(6,7)21(8,9)27-22/h10-13H,14H2,1-9H3,(H,23,24). The van der Waals surface area contributed by atoms with Gasteiger partial charge in [0.15, 0.2) is 0 Å². The zero-order valence-corrected chi connectivity index (χ0v) is 18.2. The van der Waals surface area contributed by atoms with Crippen LogP contribution in [0.25, 0.3) is 0 Å². The average Bonchev–Trinajstić information content (AvgIpc) is 2.72. The predicted octanol–water partition coefficient (Wildman–Crippen LogP) is 3.79. The lowest BCUT2D eigenvalue weighted by Crippen LogP contribution is -2.41. The van der Waals surface area contributed by atoms with Gasteiger partial charge in [-0.15, -0.1) is 0 Å². The molecular weight excluding hydrogens is 341 g/mol. The molecule has 0 unspecified atom stereocenters. The van der Waals surface area contributed by atoms with Crippen molar-refractivity contribution >= 4 is 18.7 Å². The molecule has 1 aromatic carbocycles. The van der Waals surface area contributed by atoms with E-state index in [2.05, 4.69) is 31.3 Å².